The van der Waals surface area contributed by atoms with Gasteiger partial charge in [0.05, 0.1) is 33.3 Å². The molecule has 0 heterocycles. The Labute approximate surface area is 132 Å². The minimum absolute atomic E-state index is 0.0700. The van der Waals surface area contributed by atoms with Crippen LogP contribution in [0.3, 0.4) is 0 Å². The highest BCUT2D eigenvalue weighted by Gasteiger charge is 2.19. The molecule has 0 aromatic rings. The second kappa shape index (κ2) is 13.1. The van der Waals surface area contributed by atoms with E-state index in [2.05, 4.69) is 25.5 Å². The van der Waals surface area contributed by atoms with Gasteiger partial charge in [-0.3, -0.25) is 4.79 Å². The van der Waals surface area contributed by atoms with Crippen LogP contribution in [0.25, 0.3) is 0 Å². The summed E-state index contributed by atoms with van der Waals surface area (Å²) in [5.74, 6) is -0.0700. The number of quaternary nitrogens is 1. The van der Waals surface area contributed by atoms with Crippen LogP contribution in [-0.2, 0) is 9.53 Å². The van der Waals surface area contributed by atoms with Gasteiger partial charge in [0.15, 0.2) is 0 Å². The van der Waals surface area contributed by atoms with Crippen LogP contribution in [0.4, 0.5) is 0 Å². The Kier molecular flexibility index (Phi) is 12.8. The van der Waals surface area contributed by atoms with E-state index in [1.165, 1.54) is 76.3 Å². The quantitative estimate of drug-likeness (QED) is 0.267. The first-order chi connectivity index (χ1) is 10.1. The first kappa shape index (κ1) is 20.4. The van der Waals surface area contributed by atoms with Gasteiger partial charge < -0.3 is 9.22 Å². The number of ether oxygens (including phenoxy) is 1. The third kappa shape index (κ3) is 9.89. The van der Waals surface area contributed by atoms with Crippen LogP contribution in [0.1, 0.15) is 78.6 Å². The van der Waals surface area contributed by atoms with Crippen LogP contribution in [0.5, 0.6) is 0 Å². The highest BCUT2D eigenvalue weighted by atomic mass is 16.5. The number of rotatable bonds is 14. The van der Waals surface area contributed by atoms with Gasteiger partial charge in [0.2, 0.25) is 0 Å². The van der Waals surface area contributed by atoms with Crippen molar-refractivity contribution in [2.75, 3.05) is 33.3 Å². The summed E-state index contributed by atoms with van der Waals surface area (Å²) in [5, 5.41) is 0. The molecule has 0 amide bonds. The maximum absolute atomic E-state index is 11.0. The van der Waals surface area contributed by atoms with E-state index in [-0.39, 0.29) is 5.97 Å². The maximum atomic E-state index is 11.0. The van der Waals surface area contributed by atoms with Crippen molar-refractivity contribution in [3.05, 3.63) is 0 Å². The van der Waals surface area contributed by atoms with Crippen molar-refractivity contribution in [2.24, 2.45) is 0 Å². The van der Waals surface area contributed by atoms with Crippen LogP contribution in [0.15, 0.2) is 0 Å². The number of carbonyl (C=O) groups is 1. The lowest BCUT2D eigenvalue weighted by molar-refractivity contribution is -0.923. The summed E-state index contributed by atoms with van der Waals surface area (Å²) in [6, 6.07) is 0. The van der Waals surface area contributed by atoms with Gasteiger partial charge in [0.25, 0.3) is 0 Å². The van der Waals surface area contributed by atoms with Crippen molar-refractivity contribution < 1.29 is 14.0 Å². The Morgan fingerprint density at radius 3 is 1.62 bits per heavy atom. The average molecular weight is 301 g/mol. The summed E-state index contributed by atoms with van der Waals surface area (Å²) in [6.07, 6.45) is 10.8. The number of hydrogen-bond donors (Lipinski definition) is 0. The number of nitrogens with zero attached hydrogens (tertiary/aromatic N) is 1. The highest BCUT2D eigenvalue weighted by molar-refractivity contribution is 5.68. The molecule has 0 fully saturated rings. The number of esters is 1. The third-order valence-corrected chi connectivity index (χ3v) is 5.00. The fraction of sp³-hybridized carbons (Fsp3) is 0.944. The number of hydrogen-bond acceptors (Lipinski definition) is 2. The minimum atomic E-state index is -0.0700. The molecule has 0 bridgehead atoms. The first-order valence-corrected chi connectivity index (χ1v) is 9.06. The molecular formula is C18H38NO2+. The van der Waals surface area contributed by atoms with Gasteiger partial charge in [0.1, 0.15) is 0 Å². The second-order valence-corrected chi connectivity index (χ2v) is 6.17. The lowest BCUT2D eigenvalue weighted by atomic mass is 10.1. The fourth-order valence-corrected chi connectivity index (χ4v) is 3.02. The predicted molar refractivity (Wildman–Crippen MR) is 90.3 cm³/mol. The van der Waals surface area contributed by atoms with Crippen LogP contribution < -0.4 is 0 Å². The van der Waals surface area contributed by atoms with Gasteiger partial charge in [-0.2, -0.15) is 0 Å². The average Bonchev–Trinajstić information content (AvgIpc) is 2.53. The Balaban J connectivity index is 3.38. The molecule has 0 unspecified atom stereocenters. The molecule has 0 saturated carbocycles. The smallest absolute Gasteiger partial charge is 0.305 e. The van der Waals surface area contributed by atoms with Gasteiger partial charge in [-0.25, -0.2) is 0 Å². The second-order valence-electron chi connectivity index (χ2n) is 6.17. The van der Waals surface area contributed by atoms with E-state index in [0.29, 0.717) is 6.42 Å². The topological polar surface area (TPSA) is 26.3 Å². The van der Waals surface area contributed by atoms with Crippen LogP contribution in [0.2, 0.25) is 0 Å². The Morgan fingerprint density at radius 1 is 0.762 bits per heavy atom. The molecule has 0 spiro atoms. The standard InChI is InChI=1S/C18H38NO2/c1-5-19(6-2,7-3)17-15-13-11-9-8-10-12-14-16-18(20)21-4/h5-17H2,1-4H3/q+1. The summed E-state index contributed by atoms with van der Waals surface area (Å²) in [4.78, 5) is 11.0. The fourth-order valence-electron chi connectivity index (χ4n) is 3.02. The molecule has 0 N–H and O–H groups in total. The van der Waals surface area contributed by atoms with Gasteiger partial charge in [0, 0.05) is 6.42 Å². The number of methoxy groups -OCH3 is 1. The van der Waals surface area contributed by atoms with Crippen LogP contribution >= 0.6 is 0 Å². The van der Waals surface area contributed by atoms with Crippen LogP contribution in [-0.4, -0.2) is 43.7 Å². The van der Waals surface area contributed by atoms with Crippen molar-refractivity contribution in [2.45, 2.75) is 78.6 Å². The monoisotopic (exact) mass is 300 g/mol. The molecule has 21 heavy (non-hydrogen) atoms. The van der Waals surface area contributed by atoms with E-state index in [1.54, 1.807) is 0 Å². The maximum Gasteiger partial charge on any atom is 0.305 e. The molecule has 3 heteroatoms. The van der Waals surface area contributed by atoms with Gasteiger partial charge in [-0.05, 0) is 40.0 Å². The molecule has 126 valence electrons. The van der Waals surface area contributed by atoms with Gasteiger partial charge in [-0.1, -0.05) is 32.1 Å². The largest absolute Gasteiger partial charge is 0.469 e. The zero-order valence-electron chi connectivity index (χ0n) is 15.0. The summed E-state index contributed by atoms with van der Waals surface area (Å²) >= 11 is 0. The number of carbonyl (C=O) groups excluding carboxylic acids is 1. The van der Waals surface area contributed by atoms with Crippen molar-refractivity contribution in [3.63, 3.8) is 0 Å². The Morgan fingerprint density at radius 2 is 1.19 bits per heavy atom. The van der Waals surface area contributed by atoms with Gasteiger partial charge in [-0.15, -0.1) is 0 Å². The SMILES string of the molecule is CC[N+](CC)(CC)CCCCCCCCCCC(=O)OC. The lowest BCUT2D eigenvalue weighted by Gasteiger charge is -2.35. The summed E-state index contributed by atoms with van der Waals surface area (Å²) < 4.78 is 5.92. The molecule has 0 aliphatic rings. The van der Waals surface area contributed by atoms with Crippen molar-refractivity contribution in [1.82, 2.24) is 0 Å². The first-order valence-electron chi connectivity index (χ1n) is 9.06. The molecule has 0 saturated heterocycles. The molecule has 0 aliphatic heterocycles. The van der Waals surface area contributed by atoms with Gasteiger partial charge >= 0.3 is 5.97 Å². The lowest BCUT2D eigenvalue weighted by Crippen LogP contribution is -2.48. The highest BCUT2D eigenvalue weighted by Crippen LogP contribution is 2.13. The molecular weight excluding hydrogens is 262 g/mol. The van der Waals surface area contributed by atoms with E-state index in [9.17, 15) is 4.79 Å². The Hall–Kier alpha value is -0.570. The van der Waals surface area contributed by atoms with Crippen molar-refractivity contribution in [1.29, 1.82) is 0 Å². The number of unbranched alkanes of at least 4 members (excludes halogenated alkanes) is 7. The zero-order valence-corrected chi connectivity index (χ0v) is 15.0. The molecule has 0 atom stereocenters. The van der Waals surface area contributed by atoms with E-state index < -0.39 is 0 Å². The molecule has 3 nitrogen and oxygen atoms in total. The van der Waals surface area contributed by atoms with E-state index in [4.69, 9.17) is 0 Å². The van der Waals surface area contributed by atoms with Crippen molar-refractivity contribution in [3.8, 4) is 0 Å². The van der Waals surface area contributed by atoms with E-state index >= 15 is 0 Å². The van der Waals surface area contributed by atoms with Crippen LogP contribution in [0, 0.1) is 0 Å². The normalized spacial score (nSPS) is 11.6. The minimum Gasteiger partial charge on any atom is -0.469 e. The molecule has 0 aromatic heterocycles. The zero-order chi connectivity index (χ0) is 16.0. The molecule has 0 aromatic carbocycles. The summed E-state index contributed by atoms with van der Waals surface area (Å²) in [6.45, 7) is 12.1. The van der Waals surface area contributed by atoms with E-state index in [1.807, 2.05) is 0 Å². The predicted octanol–water partition coefficient (Wildman–Crippen LogP) is 4.55. The molecule has 0 aliphatic carbocycles. The Bertz CT molecular complexity index is 241. The van der Waals surface area contributed by atoms with Crippen molar-refractivity contribution >= 4 is 5.97 Å². The van der Waals surface area contributed by atoms with E-state index in [0.717, 1.165) is 12.8 Å². The summed E-state index contributed by atoms with van der Waals surface area (Å²) in [5.41, 5.74) is 0. The molecule has 0 rings (SSSR count). The summed E-state index contributed by atoms with van der Waals surface area (Å²) in [7, 11) is 1.46. The third-order valence-electron chi connectivity index (χ3n) is 5.00. The molecule has 0 radical (unpaired) electrons.